The lowest BCUT2D eigenvalue weighted by Gasteiger charge is -2.17. The van der Waals surface area contributed by atoms with Gasteiger partial charge in [-0.25, -0.2) is 4.98 Å². The van der Waals surface area contributed by atoms with Crippen molar-refractivity contribution in [2.45, 2.75) is 19.4 Å². The van der Waals surface area contributed by atoms with Gasteiger partial charge in [-0.2, -0.15) is 0 Å². The van der Waals surface area contributed by atoms with E-state index in [1.807, 2.05) is 65.4 Å². The van der Waals surface area contributed by atoms with E-state index in [0.29, 0.717) is 16.8 Å². The average Bonchev–Trinajstić information content (AvgIpc) is 3.08. The molecule has 2 aromatic carbocycles. The topological polar surface area (TPSA) is 80.1 Å². The molecular weight excluding hydrogens is 354 g/mol. The fraction of sp³-hybridized carbons (Fsp3) is 0.182. The molecule has 0 aliphatic carbocycles. The fourth-order valence-corrected chi connectivity index (χ4v) is 3.07. The summed E-state index contributed by atoms with van der Waals surface area (Å²) in [6.45, 7) is 3.59. The van der Waals surface area contributed by atoms with E-state index in [1.54, 1.807) is 13.8 Å². The summed E-state index contributed by atoms with van der Waals surface area (Å²) in [5.74, 6) is 0.663. The zero-order valence-electron chi connectivity index (χ0n) is 15.7. The monoisotopic (exact) mass is 375 g/mol. The lowest BCUT2D eigenvalue weighted by Crippen LogP contribution is -2.27. The second-order valence-electron chi connectivity index (χ2n) is 7.30. The van der Waals surface area contributed by atoms with E-state index in [4.69, 9.17) is 4.74 Å². The van der Waals surface area contributed by atoms with Gasteiger partial charge in [-0.05, 0) is 43.7 Å². The molecule has 0 saturated carbocycles. The van der Waals surface area contributed by atoms with Gasteiger partial charge in [-0.15, -0.1) is 0 Å². The molecule has 2 N–H and O–H groups in total. The molecule has 28 heavy (non-hydrogen) atoms. The maximum atomic E-state index is 12.5. The zero-order chi connectivity index (χ0) is 19.7. The van der Waals surface area contributed by atoms with Gasteiger partial charge in [0.15, 0.2) is 5.65 Å². The highest BCUT2D eigenvalue weighted by molar-refractivity contribution is 5.94. The van der Waals surface area contributed by atoms with Gasteiger partial charge in [0.2, 0.25) is 0 Å². The molecule has 0 bridgehead atoms. The molecule has 142 valence electrons. The fourth-order valence-electron chi connectivity index (χ4n) is 3.07. The smallest absolute Gasteiger partial charge is 0.260 e. The van der Waals surface area contributed by atoms with Crippen LogP contribution in [0.3, 0.4) is 0 Å². The molecule has 6 heteroatoms. The molecule has 4 rings (SSSR count). The second-order valence-corrected chi connectivity index (χ2v) is 7.30. The summed E-state index contributed by atoms with van der Waals surface area (Å²) in [5.41, 5.74) is 2.16. The first-order chi connectivity index (χ1) is 13.4. The van der Waals surface area contributed by atoms with Crippen LogP contribution in [0, 0.1) is 0 Å². The molecule has 6 nitrogen and oxygen atoms in total. The number of aliphatic hydroxyl groups is 1. The molecular formula is C22H21N3O3. The Morgan fingerprint density at radius 2 is 1.82 bits per heavy atom. The quantitative estimate of drug-likeness (QED) is 0.559. The Morgan fingerprint density at radius 1 is 1.11 bits per heavy atom. The normalized spacial score (nSPS) is 11.7. The molecule has 0 unspecified atom stereocenters. The molecule has 4 aromatic rings. The molecule has 0 aliphatic heterocycles. The maximum Gasteiger partial charge on any atom is 0.260 e. The van der Waals surface area contributed by atoms with Gasteiger partial charge in [0.05, 0.1) is 17.3 Å². The second kappa shape index (κ2) is 6.98. The number of hydrogen-bond acceptors (Lipinski definition) is 4. The summed E-state index contributed by atoms with van der Waals surface area (Å²) in [4.78, 5) is 19.6. The van der Waals surface area contributed by atoms with Crippen molar-refractivity contribution < 1.29 is 9.84 Å². The number of aromatic nitrogens is 3. The summed E-state index contributed by atoms with van der Waals surface area (Å²) in [6.07, 6.45) is 3.34. The summed E-state index contributed by atoms with van der Waals surface area (Å²) in [7, 11) is 0. The number of ether oxygens (including phenoxy) is 1. The van der Waals surface area contributed by atoms with Crippen LogP contribution in [0.4, 0.5) is 0 Å². The Bertz CT molecular complexity index is 1150. The Labute approximate surface area is 162 Å². The van der Waals surface area contributed by atoms with Gasteiger partial charge < -0.3 is 19.4 Å². The van der Waals surface area contributed by atoms with E-state index >= 15 is 0 Å². The molecule has 0 fully saturated rings. The minimum atomic E-state index is -0.898. The van der Waals surface area contributed by atoms with Crippen LogP contribution in [-0.2, 0) is 0 Å². The van der Waals surface area contributed by atoms with Crippen LogP contribution in [0.25, 0.3) is 27.8 Å². The van der Waals surface area contributed by atoms with E-state index in [0.717, 1.165) is 16.8 Å². The van der Waals surface area contributed by atoms with E-state index in [-0.39, 0.29) is 12.2 Å². The summed E-state index contributed by atoms with van der Waals surface area (Å²) in [6, 6.07) is 17.2. The Balaban J connectivity index is 1.77. The van der Waals surface area contributed by atoms with Crippen molar-refractivity contribution >= 4 is 11.0 Å². The molecule has 0 spiro atoms. The number of fused-ring (bicyclic) bond motifs is 1. The number of hydrogen-bond donors (Lipinski definition) is 2. The third-order valence-corrected chi connectivity index (χ3v) is 4.38. The molecule has 0 radical (unpaired) electrons. The zero-order valence-corrected chi connectivity index (χ0v) is 15.7. The van der Waals surface area contributed by atoms with Crippen molar-refractivity contribution in [2.75, 3.05) is 6.61 Å². The largest absolute Gasteiger partial charge is 0.491 e. The highest BCUT2D eigenvalue weighted by atomic mass is 16.5. The van der Waals surface area contributed by atoms with Crippen molar-refractivity contribution in [1.82, 2.24) is 14.5 Å². The third kappa shape index (κ3) is 3.54. The molecule has 0 saturated heterocycles. The van der Waals surface area contributed by atoms with Crippen molar-refractivity contribution in [3.63, 3.8) is 0 Å². The predicted octanol–water partition coefficient (Wildman–Crippen LogP) is 3.53. The van der Waals surface area contributed by atoms with Crippen molar-refractivity contribution in [1.29, 1.82) is 0 Å². The Hall–Kier alpha value is -3.38. The van der Waals surface area contributed by atoms with Crippen LogP contribution in [0.5, 0.6) is 5.75 Å². The standard InChI is InChI=1S/C22H21N3O3/c1-22(2,27)13-28-17-10-8-16(9-11-17)25-12-18(15-6-4-3-5-7-15)19-20(25)23-14-24-21(19)26/h3-12,14,27H,13H2,1-2H3,(H,23,24,26). The average molecular weight is 375 g/mol. The summed E-state index contributed by atoms with van der Waals surface area (Å²) >= 11 is 0. The highest BCUT2D eigenvalue weighted by Gasteiger charge is 2.16. The van der Waals surface area contributed by atoms with Crippen LogP contribution >= 0.6 is 0 Å². The lowest BCUT2D eigenvalue weighted by atomic mass is 10.1. The predicted molar refractivity (Wildman–Crippen MR) is 109 cm³/mol. The number of H-pyrrole nitrogens is 1. The van der Waals surface area contributed by atoms with Gasteiger partial charge >= 0.3 is 0 Å². The number of nitrogens with zero attached hydrogens (tertiary/aromatic N) is 2. The number of benzene rings is 2. The maximum absolute atomic E-state index is 12.5. The highest BCUT2D eigenvalue weighted by Crippen LogP contribution is 2.29. The Morgan fingerprint density at radius 3 is 2.50 bits per heavy atom. The van der Waals surface area contributed by atoms with Gasteiger partial charge in [-0.3, -0.25) is 4.79 Å². The first kappa shape index (κ1) is 18.0. The van der Waals surface area contributed by atoms with Gasteiger partial charge in [0.1, 0.15) is 12.4 Å². The van der Waals surface area contributed by atoms with E-state index in [1.165, 1.54) is 6.33 Å². The van der Waals surface area contributed by atoms with Crippen LogP contribution in [-0.4, -0.2) is 31.8 Å². The molecule has 2 aromatic heterocycles. The number of nitrogens with one attached hydrogen (secondary N) is 1. The molecule has 2 heterocycles. The van der Waals surface area contributed by atoms with Crippen LogP contribution in [0.2, 0.25) is 0 Å². The Kier molecular flexibility index (Phi) is 4.49. The van der Waals surface area contributed by atoms with Gasteiger partial charge in [-0.1, -0.05) is 30.3 Å². The van der Waals surface area contributed by atoms with Crippen LogP contribution in [0.15, 0.2) is 71.9 Å². The van der Waals surface area contributed by atoms with Gasteiger partial charge in [0.25, 0.3) is 5.56 Å². The molecule has 0 aliphatic rings. The van der Waals surface area contributed by atoms with E-state index < -0.39 is 5.60 Å². The first-order valence-corrected chi connectivity index (χ1v) is 9.02. The SMILES string of the molecule is CC(C)(O)COc1ccc(-n2cc(-c3ccccc3)c3c(=O)[nH]cnc32)cc1. The first-order valence-electron chi connectivity index (χ1n) is 9.02. The van der Waals surface area contributed by atoms with E-state index in [9.17, 15) is 9.90 Å². The lowest BCUT2D eigenvalue weighted by molar-refractivity contribution is 0.0285. The van der Waals surface area contributed by atoms with Crippen LogP contribution < -0.4 is 10.3 Å². The van der Waals surface area contributed by atoms with Crippen molar-refractivity contribution in [2.24, 2.45) is 0 Å². The van der Waals surface area contributed by atoms with Crippen molar-refractivity contribution in [3.05, 3.63) is 77.5 Å². The molecule has 0 amide bonds. The summed E-state index contributed by atoms with van der Waals surface area (Å²) < 4.78 is 7.51. The molecule has 0 atom stereocenters. The number of aromatic amines is 1. The van der Waals surface area contributed by atoms with Crippen molar-refractivity contribution in [3.8, 4) is 22.6 Å². The minimum absolute atomic E-state index is 0.173. The number of rotatable bonds is 5. The van der Waals surface area contributed by atoms with Crippen LogP contribution in [0.1, 0.15) is 13.8 Å². The third-order valence-electron chi connectivity index (χ3n) is 4.38. The van der Waals surface area contributed by atoms with E-state index in [2.05, 4.69) is 9.97 Å². The van der Waals surface area contributed by atoms with Gasteiger partial charge in [0, 0.05) is 17.4 Å². The summed E-state index contributed by atoms with van der Waals surface area (Å²) in [5, 5.41) is 10.3. The minimum Gasteiger partial charge on any atom is -0.491 e.